The molecule has 4 unspecified atom stereocenters. The second kappa shape index (κ2) is 7.03. The van der Waals surface area contributed by atoms with Crippen molar-refractivity contribution in [2.75, 3.05) is 13.7 Å². The van der Waals surface area contributed by atoms with E-state index in [1.165, 1.54) is 0 Å². The number of Topliss-reactive ketones (excluding diaryl/α,β-unsaturated/α-hetero) is 1. The van der Waals surface area contributed by atoms with E-state index in [2.05, 4.69) is 0 Å². The number of allylic oxidation sites excluding steroid dienone is 1. The second-order valence-corrected chi connectivity index (χ2v) is 8.24. The minimum atomic E-state index is -0.578. The van der Waals surface area contributed by atoms with Crippen molar-refractivity contribution >= 4 is 5.78 Å². The molecule has 154 valence electrons. The number of carbonyl (C=O) groups excluding carboxylic acids is 1. The number of para-hydroxylation sites is 1. The summed E-state index contributed by atoms with van der Waals surface area (Å²) >= 11 is 0. The summed E-state index contributed by atoms with van der Waals surface area (Å²) < 4.78 is 17.9. The van der Waals surface area contributed by atoms with Crippen molar-refractivity contribution in [3.63, 3.8) is 0 Å². The molecule has 5 rings (SSSR count). The molecule has 1 heterocycles. The third kappa shape index (κ3) is 2.84. The topological polar surface area (TPSA) is 65.0 Å². The van der Waals surface area contributed by atoms with Gasteiger partial charge < -0.3 is 19.3 Å². The zero-order valence-electron chi connectivity index (χ0n) is 17.0. The lowest BCUT2D eigenvalue weighted by Gasteiger charge is -2.40. The van der Waals surface area contributed by atoms with Crippen molar-refractivity contribution in [1.29, 1.82) is 0 Å². The van der Waals surface area contributed by atoms with Crippen LogP contribution in [0, 0.1) is 5.92 Å². The highest BCUT2D eigenvalue weighted by Gasteiger charge is 2.56. The Morgan fingerprint density at radius 2 is 1.80 bits per heavy atom. The standard InChI is InChI=1S/C25H24O5/c1-25-13-12-19(26)21-22(25)18(14-29-25)24(30-17-6-4-3-5-7-17)20(23(21)27)15-8-10-16(28-2)11-9-15/h3-12,18,20,24,26H,13-14H2,1-2H3. The molecular weight excluding hydrogens is 380 g/mol. The van der Waals surface area contributed by atoms with Crippen molar-refractivity contribution in [2.45, 2.75) is 31.0 Å². The molecule has 5 nitrogen and oxygen atoms in total. The Morgan fingerprint density at radius 3 is 2.50 bits per heavy atom. The van der Waals surface area contributed by atoms with E-state index < -0.39 is 17.6 Å². The number of rotatable bonds is 4. The fraction of sp³-hybridized carbons (Fsp3) is 0.320. The number of hydrogen-bond acceptors (Lipinski definition) is 5. The molecule has 0 aromatic heterocycles. The Balaban J connectivity index is 1.65. The molecule has 0 saturated carbocycles. The van der Waals surface area contributed by atoms with E-state index in [1.807, 2.05) is 61.5 Å². The van der Waals surface area contributed by atoms with E-state index >= 15 is 0 Å². The van der Waals surface area contributed by atoms with E-state index in [1.54, 1.807) is 13.2 Å². The van der Waals surface area contributed by atoms with Crippen LogP contribution in [0.5, 0.6) is 11.5 Å². The maximum atomic E-state index is 13.8. The number of ketones is 1. The molecule has 0 bridgehead atoms. The Morgan fingerprint density at radius 1 is 1.07 bits per heavy atom. The van der Waals surface area contributed by atoms with Gasteiger partial charge in [0.05, 0.1) is 30.8 Å². The third-order valence-corrected chi connectivity index (χ3v) is 6.48. The summed E-state index contributed by atoms with van der Waals surface area (Å²) in [6.07, 6.45) is 1.81. The van der Waals surface area contributed by atoms with E-state index in [-0.39, 0.29) is 17.5 Å². The van der Waals surface area contributed by atoms with Gasteiger partial charge in [-0.2, -0.15) is 0 Å². The Labute approximate surface area is 175 Å². The Kier molecular flexibility index (Phi) is 4.44. The summed E-state index contributed by atoms with van der Waals surface area (Å²) in [5, 5.41) is 10.6. The van der Waals surface area contributed by atoms with Gasteiger partial charge in [-0.1, -0.05) is 30.3 Å². The first-order chi connectivity index (χ1) is 14.5. The second-order valence-electron chi connectivity index (χ2n) is 8.24. The van der Waals surface area contributed by atoms with E-state index in [0.717, 1.165) is 16.9 Å². The largest absolute Gasteiger partial charge is 0.508 e. The number of benzene rings is 2. The lowest BCUT2D eigenvalue weighted by Crippen LogP contribution is -2.46. The molecule has 0 radical (unpaired) electrons. The Bertz CT molecular complexity index is 1040. The maximum absolute atomic E-state index is 13.8. The van der Waals surface area contributed by atoms with Crippen molar-refractivity contribution in [3.8, 4) is 11.5 Å². The van der Waals surface area contributed by atoms with Crippen molar-refractivity contribution < 1.29 is 24.1 Å². The van der Waals surface area contributed by atoms with Crippen LogP contribution in [0.4, 0.5) is 0 Å². The highest BCUT2D eigenvalue weighted by Crippen LogP contribution is 2.53. The molecular formula is C25H24O5. The van der Waals surface area contributed by atoms with Crippen LogP contribution in [0.25, 0.3) is 0 Å². The quantitative estimate of drug-likeness (QED) is 0.820. The fourth-order valence-corrected chi connectivity index (χ4v) is 4.99. The maximum Gasteiger partial charge on any atom is 0.177 e. The predicted molar refractivity (Wildman–Crippen MR) is 112 cm³/mol. The lowest BCUT2D eigenvalue weighted by molar-refractivity contribution is -0.120. The average molecular weight is 404 g/mol. The SMILES string of the molecule is COc1ccc(C2C(=O)C3=C4C(COC4(C)CC=C3O)C2Oc2ccccc2)cc1. The molecule has 2 aromatic rings. The van der Waals surface area contributed by atoms with Crippen LogP contribution in [-0.2, 0) is 9.53 Å². The summed E-state index contributed by atoms with van der Waals surface area (Å²) in [5.74, 6) is 0.684. The number of hydrogen-bond donors (Lipinski definition) is 1. The molecule has 1 saturated heterocycles. The normalized spacial score (nSPS) is 30.0. The van der Waals surface area contributed by atoms with Crippen molar-refractivity contribution in [2.24, 2.45) is 5.92 Å². The molecule has 2 aliphatic carbocycles. The molecule has 0 spiro atoms. The zero-order valence-corrected chi connectivity index (χ0v) is 17.0. The minimum absolute atomic E-state index is 0.0552. The van der Waals surface area contributed by atoms with Crippen LogP contribution < -0.4 is 9.47 Å². The van der Waals surface area contributed by atoms with Crippen LogP contribution in [0.2, 0.25) is 0 Å². The van der Waals surface area contributed by atoms with Crippen LogP contribution in [0.15, 0.2) is 77.6 Å². The number of aliphatic hydroxyl groups excluding tert-OH is 1. The zero-order chi connectivity index (χ0) is 20.9. The Hall–Kier alpha value is -3.05. The fourth-order valence-electron chi connectivity index (χ4n) is 4.99. The molecule has 30 heavy (non-hydrogen) atoms. The summed E-state index contributed by atoms with van der Waals surface area (Å²) in [4.78, 5) is 13.8. The molecule has 1 fully saturated rings. The highest BCUT2D eigenvalue weighted by molar-refractivity contribution is 6.06. The van der Waals surface area contributed by atoms with Gasteiger partial charge in [0.15, 0.2) is 5.78 Å². The van der Waals surface area contributed by atoms with E-state index in [0.29, 0.717) is 24.4 Å². The first-order valence-electron chi connectivity index (χ1n) is 10.2. The number of methoxy groups -OCH3 is 1. The van der Waals surface area contributed by atoms with Crippen LogP contribution in [-0.4, -0.2) is 36.3 Å². The van der Waals surface area contributed by atoms with E-state index in [9.17, 15) is 9.90 Å². The van der Waals surface area contributed by atoms with Crippen molar-refractivity contribution in [1.82, 2.24) is 0 Å². The van der Waals surface area contributed by atoms with Gasteiger partial charge in [-0.15, -0.1) is 0 Å². The van der Waals surface area contributed by atoms with E-state index in [4.69, 9.17) is 14.2 Å². The molecule has 1 N–H and O–H groups in total. The third-order valence-electron chi connectivity index (χ3n) is 6.48. The summed E-state index contributed by atoms with van der Waals surface area (Å²) in [7, 11) is 1.61. The molecule has 1 aliphatic heterocycles. The predicted octanol–water partition coefficient (Wildman–Crippen LogP) is 4.36. The van der Waals surface area contributed by atoms with Crippen LogP contribution >= 0.6 is 0 Å². The van der Waals surface area contributed by atoms with Crippen LogP contribution in [0.3, 0.4) is 0 Å². The molecule has 5 heteroatoms. The molecule has 3 aliphatic rings. The number of ether oxygens (including phenoxy) is 3. The van der Waals surface area contributed by atoms with Gasteiger partial charge in [0.2, 0.25) is 0 Å². The average Bonchev–Trinajstić information content (AvgIpc) is 3.12. The first kappa shape index (κ1) is 18.9. The van der Waals surface area contributed by atoms with Gasteiger partial charge in [-0.05, 0) is 48.4 Å². The smallest absolute Gasteiger partial charge is 0.177 e. The minimum Gasteiger partial charge on any atom is -0.508 e. The number of aliphatic hydroxyl groups is 1. The number of carbonyl (C=O) groups is 1. The summed E-state index contributed by atoms with van der Waals surface area (Å²) in [6, 6.07) is 17.0. The monoisotopic (exact) mass is 404 g/mol. The summed E-state index contributed by atoms with van der Waals surface area (Å²) in [5.41, 5.74) is 1.53. The molecule has 2 aromatic carbocycles. The molecule has 4 atom stereocenters. The van der Waals surface area contributed by atoms with Crippen LogP contribution in [0.1, 0.15) is 24.8 Å². The van der Waals surface area contributed by atoms with Gasteiger partial charge in [0.1, 0.15) is 23.4 Å². The first-order valence-corrected chi connectivity index (χ1v) is 10.2. The van der Waals surface area contributed by atoms with Gasteiger partial charge in [0.25, 0.3) is 0 Å². The van der Waals surface area contributed by atoms with Gasteiger partial charge >= 0.3 is 0 Å². The van der Waals surface area contributed by atoms with Gasteiger partial charge in [-0.25, -0.2) is 0 Å². The highest BCUT2D eigenvalue weighted by atomic mass is 16.5. The lowest BCUT2D eigenvalue weighted by atomic mass is 9.66. The summed E-state index contributed by atoms with van der Waals surface area (Å²) in [6.45, 7) is 2.44. The molecule has 0 amide bonds. The van der Waals surface area contributed by atoms with Crippen molar-refractivity contribution in [3.05, 3.63) is 83.1 Å². The van der Waals surface area contributed by atoms with Gasteiger partial charge in [-0.3, -0.25) is 4.79 Å². The van der Waals surface area contributed by atoms with Gasteiger partial charge in [0, 0.05) is 12.3 Å².